The molecule has 1 saturated heterocycles. The van der Waals surface area contributed by atoms with Gasteiger partial charge in [-0.05, 0) is 88.7 Å². The van der Waals surface area contributed by atoms with E-state index in [4.69, 9.17) is 4.74 Å². The first-order valence-electron chi connectivity index (χ1n) is 14.0. The van der Waals surface area contributed by atoms with Crippen LogP contribution in [0.15, 0.2) is 30.4 Å². The lowest BCUT2D eigenvalue weighted by atomic mass is 9.91. The number of nitrogens with zero attached hydrogens (tertiary/aromatic N) is 3. The molecule has 1 aromatic rings. The zero-order valence-corrected chi connectivity index (χ0v) is 23.0. The van der Waals surface area contributed by atoms with Crippen molar-refractivity contribution in [2.24, 2.45) is 5.92 Å². The van der Waals surface area contributed by atoms with Crippen molar-refractivity contribution in [3.8, 4) is 5.75 Å². The topological polar surface area (TPSA) is 36.0 Å². The summed E-state index contributed by atoms with van der Waals surface area (Å²) in [6.45, 7) is 11.8. The van der Waals surface area contributed by atoms with E-state index in [-0.39, 0.29) is 0 Å². The number of amides is 1. The molecular weight excluding hydrogens is 434 g/mol. The van der Waals surface area contributed by atoms with Gasteiger partial charge in [-0.1, -0.05) is 44.6 Å². The van der Waals surface area contributed by atoms with Crippen molar-refractivity contribution in [1.82, 2.24) is 14.7 Å². The van der Waals surface area contributed by atoms with E-state index >= 15 is 0 Å². The molecule has 0 aromatic heterocycles. The Labute approximate surface area is 214 Å². The van der Waals surface area contributed by atoms with Gasteiger partial charge in [-0.15, -0.1) is 0 Å². The second-order valence-electron chi connectivity index (χ2n) is 11.0. The Morgan fingerprint density at radius 2 is 1.97 bits per heavy atom. The van der Waals surface area contributed by atoms with Crippen molar-refractivity contribution in [2.45, 2.75) is 77.7 Å². The molecule has 3 atom stereocenters. The second-order valence-corrected chi connectivity index (χ2v) is 11.0. The summed E-state index contributed by atoms with van der Waals surface area (Å²) in [7, 11) is 4.24. The van der Waals surface area contributed by atoms with Crippen molar-refractivity contribution in [1.29, 1.82) is 0 Å². The summed E-state index contributed by atoms with van der Waals surface area (Å²) in [6, 6.07) is 7.22. The highest BCUT2D eigenvalue weighted by molar-refractivity contribution is 5.78. The van der Waals surface area contributed by atoms with Crippen molar-refractivity contribution >= 4 is 5.91 Å². The lowest BCUT2D eigenvalue weighted by molar-refractivity contribution is -0.132. The molecule has 2 unspecified atom stereocenters. The first-order chi connectivity index (χ1) is 16.9. The number of benzene rings is 1. The molecule has 1 amide bonds. The van der Waals surface area contributed by atoms with Gasteiger partial charge in [0.05, 0.1) is 13.2 Å². The fourth-order valence-electron chi connectivity index (χ4n) is 5.68. The third-order valence-corrected chi connectivity index (χ3v) is 7.63. The number of fused-ring (bicyclic) bond motifs is 1. The molecule has 0 radical (unpaired) electrons. The molecule has 2 heterocycles. The van der Waals surface area contributed by atoms with E-state index < -0.39 is 0 Å². The van der Waals surface area contributed by atoms with E-state index in [0.717, 1.165) is 83.5 Å². The maximum absolute atomic E-state index is 13.5. The number of unbranched alkanes of at least 4 members (excludes halogenated alkanes) is 2. The molecule has 5 nitrogen and oxygen atoms in total. The lowest BCUT2D eigenvalue weighted by Gasteiger charge is -2.29. The number of hydrogen-bond donors (Lipinski definition) is 0. The highest BCUT2D eigenvalue weighted by atomic mass is 16.5. The molecule has 0 N–H and O–H groups in total. The normalized spacial score (nSPS) is 21.0. The van der Waals surface area contributed by atoms with Gasteiger partial charge in [0.15, 0.2) is 0 Å². The van der Waals surface area contributed by atoms with Gasteiger partial charge in [0.2, 0.25) is 5.91 Å². The molecule has 35 heavy (non-hydrogen) atoms. The average Bonchev–Trinajstić information content (AvgIpc) is 3.45. The number of carbonyl (C=O) groups is 1. The van der Waals surface area contributed by atoms with Crippen molar-refractivity contribution in [2.75, 3.05) is 53.4 Å². The van der Waals surface area contributed by atoms with Crippen molar-refractivity contribution in [3.05, 3.63) is 41.5 Å². The molecule has 5 heteroatoms. The summed E-state index contributed by atoms with van der Waals surface area (Å²) >= 11 is 0. The Kier molecular flexibility index (Phi) is 11.1. The summed E-state index contributed by atoms with van der Waals surface area (Å²) in [6.07, 6.45) is 12.1. The summed E-state index contributed by atoms with van der Waals surface area (Å²) in [5, 5.41) is 0. The Morgan fingerprint density at radius 1 is 1.20 bits per heavy atom. The van der Waals surface area contributed by atoms with Crippen LogP contribution in [0.3, 0.4) is 0 Å². The molecule has 3 rings (SSSR count). The largest absolute Gasteiger partial charge is 0.493 e. The molecular formula is C30H49N3O2. The van der Waals surface area contributed by atoms with Gasteiger partial charge >= 0.3 is 0 Å². The minimum absolute atomic E-state index is 0.315. The smallest absolute Gasteiger partial charge is 0.236 e. The number of carbonyl (C=O) groups excluding carboxylic acids is 1. The van der Waals surface area contributed by atoms with Crippen LogP contribution in [0, 0.1) is 5.92 Å². The minimum Gasteiger partial charge on any atom is -0.493 e. The maximum atomic E-state index is 13.5. The molecule has 0 bridgehead atoms. The van der Waals surface area contributed by atoms with E-state index in [0.29, 0.717) is 30.3 Å². The molecule has 1 aromatic carbocycles. The van der Waals surface area contributed by atoms with Crippen LogP contribution in [0.5, 0.6) is 5.75 Å². The van der Waals surface area contributed by atoms with E-state index in [1.807, 2.05) is 0 Å². The van der Waals surface area contributed by atoms with Crippen molar-refractivity contribution < 1.29 is 9.53 Å². The second kappa shape index (κ2) is 14.0. The predicted octanol–water partition coefficient (Wildman–Crippen LogP) is 5.35. The number of ether oxygens (including phenoxy) is 1. The Morgan fingerprint density at radius 3 is 2.71 bits per heavy atom. The quantitative estimate of drug-likeness (QED) is 0.264. The number of allylic oxidation sites excluding steroid dienone is 2. The van der Waals surface area contributed by atoms with Crippen LogP contribution in [0.25, 0.3) is 0 Å². The van der Waals surface area contributed by atoms with Crippen LogP contribution in [0.2, 0.25) is 0 Å². The zero-order valence-electron chi connectivity index (χ0n) is 23.0. The zero-order chi connectivity index (χ0) is 25.2. The van der Waals surface area contributed by atoms with Gasteiger partial charge in [0, 0.05) is 32.1 Å². The first kappa shape index (κ1) is 27.7. The number of rotatable bonds is 14. The molecule has 0 saturated carbocycles. The lowest BCUT2D eigenvalue weighted by Crippen LogP contribution is -2.43. The third kappa shape index (κ3) is 8.35. The molecule has 1 fully saturated rings. The third-order valence-electron chi connectivity index (χ3n) is 7.63. The van der Waals surface area contributed by atoms with Crippen LogP contribution in [-0.2, 0) is 11.2 Å². The van der Waals surface area contributed by atoms with Gasteiger partial charge in [0.25, 0.3) is 0 Å². The minimum atomic E-state index is 0.315. The van der Waals surface area contributed by atoms with Crippen LogP contribution < -0.4 is 4.74 Å². The average molecular weight is 484 g/mol. The van der Waals surface area contributed by atoms with E-state index in [9.17, 15) is 4.79 Å². The standard InChI is InChI=1S/C30H49N3O2/c1-6-8-16-32(17-10-9-15-31(4)5)30(34)23-33-22-27(21-28(33)19-24(3)11-7-2)25-12-13-29-26(20-25)14-18-35-29/h7,11-13,20,24,27-28H,6,8-10,14-19,21-23H2,1-5H3/b11-7+/t24-,27?,28?/m1/s1. The van der Waals surface area contributed by atoms with Gasteiger partial charge < -0.3 is 14.5 Å². The fourth-order valence-corrected chi connectivity index (χ4v) is 5.68. The summed E-state index contributed by atoms with van der Waals surface area (Å²) in [5.74, 6) is 2.38. The van der Waals surface area contributed by atoms with Gasteiger partial charge in [0.1, 0.15) is 5.75 Å². The summed E-state index contributed by atoms with van der Waals surface area (Å²) in [4.78, 5) is 20.4. The summed E-state index contributed by atoms with van der Waals surface area (Å²) in [5.41, 5.74) is 2.76. The Hall–Kier alpha value is -1.85. The SMILES string of the molecule is C/C=C/[C@@H](C)CC1CC(c2ccc3c(c2)CCO3)CN1CC(=O)N(CCCC)CCCCN(C)C. The highest BCUT2D eigenvalue weighted by Gasteiger charge is 2.35. The van der Waals surface area contributed by atoms with E-state index in [2.05, 4.69) is 79.9 Å². The van der Waals surface area contributed by atoms with Gasteiger partial charge in [-0.2, -0.15) is 0 Å². The van der Waals surface area contributed by atoms with Crippen LogP contribution in [0.4, 0.5) is 0 Å². The maximum Gasteiger partial charge on any atom is 0.236 e. The van der Waals surface area contributed by atoms with Crippen molar-refractivity contribution in [3.63, 3.8) is 0 Å². The van der Waals surface area contributed by atoms with Crippen LogP contribution >= 0.6 is 0 Å². The first-order valence-corrected chi connectivity index (χ1v) is 14.0. The summed E-state index contributed by atoms with van der Waals surface area (Å²) < 4.78 is 5.73. The predicted molar refractivity (Wildman–Crippen MR) is 146 cm³/mol. The monoisotopic (exact) mass is 483 g/mol. The number of hydrogen-bond acceptors (Lipinski definition) is 4. The van der Waals surface area contributed by atoms with Gasteiger partial charge in [-0.3, -0.25) is 9.69 Å². The van der Waals surface area contributed by atoms with Gasteiger partial charge in [-0.25, -0.2) is 0 Å². The van der Waals surface area contributed by atoms with E-state index in [1.165, 1.54) is 11.1 Å². The van der Waals surface area contributed by atoms with E-state index in [1.54, 1.807) is 0 Å². The molecule has 0 aliphatic carbocycles. The Balaban J connectivity index is 1.67. The van der Waals surface area contributed by atoms with Crippen LogP contribution in [0.1, 0.15) is 76.3 Å². The molecule has 196 valence electrons. The number of likely N-dealkylation sites (tertiary alicyclic amines) is 1. The Bertz CT molecular complexity index is 822. The van der Waals surface area contributed by atoms with Crippen LogP contribution in [-0.4, -0.2) is 80.1 Å². The molecule has 2 aliphatic rings. The fraction of sp³-hybridized carbons (Fsp3) is 0.700. The molecule has 2 aliphatic heterocycles. The highest BCUT2D eigenvalue weighted by Crippen LogP contribution is 2.37. The molecule has 0 spiro atoms.